The summed E-state index contributed by atoms with van der Waals surface area (Å²) >= 11 is 1.28. The zero-order chi connectivity index (χ0) is 21.5. The van der Waals surface area contributed by atoms with Crippen molar-refractivity contribution >= 4 is 23.4 Å². The number of para-hydroxylation sites is 2. The van der Waals surface area contributed by atoms with Crippen LogP contribution in [0.2, 0.25) is 0 Å². The van der Waals surface area contributed by atoms with E-state index < -0.39 is 5.25 Å². The van der Waals surface area contributed by atoms with Crippen molar-refractivity contribution in [1.82, 2.24) is 4.98 Å². The standard InChI is InChI=1S/C24H23N3O2S/c1-4-29-21-13-9-8-12-20(21)27-23(28)22(18-10-6-5-7-11-18)30-24-19(15-25)16(2)14-17(3)26-24/h5-14,22H,4H2,1-3H3,(H,27,28). The Bertz CT molecular complexity index is 1080. The fourth-order valence-corrected chi connectivity index (χ4v) is 4.29. The van der Waals surface area contributed by atoms with Crippen molar-refractivity contribution in [3.63, 3.8) is 0 Å². The average molecular weight is 418 g/mol. The van der Waals surface area contributed by atoms with Crippen molar-refractivity contribution in [3.05, 3.63) is 83.0 Å². The van der Waals surface area contributed by atoms with Gasteiger partial charge in [-0.25, -0.2) is 4.98 Å². The SMILES string of the molecule is CCOc1ccccc1NC(=O)C(Sc1nc(C)cc(C)c1C#N)c1ccccc1. The first-order valence-corrected chi connectivity index (χ1v) is 10.5. The summed E-state index contributed by atoms with van der Waals surface area (Å²) in [5, 5.41) is 12.6. The number of rotatable bonds is 7. The predicted octanol–water partition coefficient (Wildman–Crippen LogP) is 5.44. The van der Waals surface area contributed by atoms with Crippen molar-refractivity contribution in [1.29, 1.82) is 5.26 Å². The highest BCUT2D eigenvalue weighted by atomic mass is 32.2. The van der Waals surface area contributed by atoms with Gasteiger partial charge in [-0.3, -0.25) is 4.79 Å². The highest BCUT2D eigenvalue weighted by Gasteiger charge is 2.25. The number of carbonyl (C=O) groups excluding carboxylic acids is 1. The number of nitrogens with one attached hydrogen (secondary N) is 1. The van der Waals surface area contributed by atoms with Crippen molar-refractivity contribution in [3.8, 4) is 11.8 Å². The van der Waals surface area contributed by atoms with E-state index in [0.717, 1.165) is 16.8 Å². The van der Waals surface area contributed by atoms with Crippen LogP contribution in [0.5, 0.6) is 5.75 Å². The summed E-state index contributed by atoms with van der Waals surface area (Å²) in [6.45, 7) is 6.17. The molecule has 0 aliphatic rings. The Hall–Kier alpha value is -3.30. The van der Waals surface area contributed by atoms with Crippen molar-refractivity contribution in [2.24, 2.45) is 0 Å². The van der Waals surface area contributed by atoms with Crippen LogP contribution in [0.25, 0.3) is 0 Å². The zero-order valence-corrected chi connectivity index (χ0v) is 18.0. The lowest BCUT2D eigenvalue weighted by atomic mass is 10.1. The fourth-order valence-electron chi connectivity index (χ4n) is 3.09. The number of hydrogen-bond acceptors (Lipinski definition) is 5. The number of aryl methyl sites for hydroxylation is 2. The topological polar surface area (TPSA) is 75.0 Å². The number of nitrogens with zero attached hydrogens (tertiary/aromatic N) is 2. The molecule has 3 aromatic rings. The van der Waals surface area contributed by atoms with Crippen LogP contribution in [0.15, 0.2) is 65.7 Å². The minimum absolute atomic E-state index is 0.205. The fraction of sp³-hybridized carbons (Fsp3) is 0.208. The van der Waals surface area contributed by atoms with Gasteiger partial charge >= 0.3 is 0 Å². The maximum atomic E-state index is 13.3. The van der Waals surface area contributed by atoms with Crippen LogP contribution in [-0.4, -0.2) is 17.5 Å². The molecule has 0 fully saturated rings. The summed E-state index contributed by atoms with van der Waals surface area (Å²) in [5.74, 6) is 0.413. The Morgan fingerprint density at radius 3 is 2.57 bits per heavy atom. The van der Waals surface area contributed by atoms with E-state index in [4.69, 9.17) is 4.74 Å². The molecule has 30 heavy (non-hydrogen) atoms. The number of thioether (sulfide) groups is 1. The molecule has 1 heterocycles. The molecule has 0 spiro atoms. The van der Waals surface area contributed by atoms with E-state index in [1.807, 2.05) is 81.4 Å². The number of ether oxygens (including phenoxy) is 1. The van der Waals surface area contributed by atoms with Gasteiger partial charge in [-0.15, -0.1) is 0 Å². The van der Waals surface area contributed by atoms with Crippen LogP contribution in [0.4, 0.5) is 5.69 Å². The Kier molecular flexibility index (Phi) is 7.10. The number of benzene rings is 2. The van der Waals surface area contributed by atoms with Gasteiger partial charge in [-0.1, -0.05) is 54.2 Å². The van der Waals surface area contributed by atoms with Crippen LogP contribution in [0.1, 0.15) is 34.6 Å². The second kappa shape index (κ2) is 9.95. The van der Waals surface area contributed by atoms with Gasteiger partial charge in [-0.05, 0) is 50.1 Å². The monoisotopic (exact) mass is 417 g/mol. The molecule has 1 amide bonds. The largest absolute Gasteiger partial charge is 0.492 e. The number of carbonyl (C=O) groups is 1. The quantitative estimate of drug-likeness (QED) is 0.518. The second-order valence-corrected chi connectivity index (χ2v) is 7.79. The number of nitriles is 1. The van der Waals surface area contributed by atoms with Crippen LogP contribution in [0, 0.1) is 25.2 Å². The molecule has 152 valence electrons. The van der Waals surface area contributed by atoms with Crippen LogP contribution < -0.4 is 10.1 Å². The smallest absolute Gasteiger partial charge is 0.242 e. The molecule has 0 saturated heterocycles. The van der Waals surface area contributed by atoms with Gasteiger partial charge in [-0.2, -0.15) is 5.26 Å². The van der Waals surface area contributed by atoms with E-state index in [-0.39, 0.29) is 5.91 Å². The van der Waals surface area contributed by atoms with Crippen LogP contribution in [-0.2, 0) is 4.79 Å². The molecule has 0 aliphatic heterocycles. The second-order valence-electron chi connectivity index (χ2n) is 6.70. The minimum atomic E-state index is -0.582. The van der Waals surface area contributed by atoms with Crippen molar-refractivity contribution in [2.45, 2.75) is 31.0 Å². The van der Waals surface area contributed by atoms with E-state index in [1.54, 1.807) is 0 Å². The summed E-state index contributed by atoms with van der Waals surface area (Å²) in [6.07, 6.45) is 0. The molecule has 0 saturated carbocycles. The molecule has 2 aromatic carbocycles. The zero-order valence-electron chi connectivity index (χ0n) is 17.2. The maximum absolute atomic E-state index is 13.3. The molecule has 5 nitrogen and oxygen atoms in total. The highest BCUT2D eigenvalue weighted by molar-refractivity contribution is 8.00. The number of hydrogen-bond donors (Lipinski definition) is 1. The van der Waals surface area contributed by atoms with Gasteiger partial charge in [0.15, 0.2) is 0 Å². The first kappa shape index (κ1) is 21.4. The summed E-state index contributed by atoms with van der Waals surface area (Å²) in [4.78, 5) is 17.9. The summed E-state index contributed by atoms with van der Waals surface area (Å²) in [6, 6.07) is 20.9. The van der Waals surface area contributed by atoms with Gasteiger partial charge in [0.1, 0.15) is 22.1 Å². The first-order chi connectivity index (χ1) is 14.5. The molecule has 0 radical (unpaired) electrons. The normalized spacial score (nSPS) is 11.4. The van der Waals surface area contributed by atoms with Gasteiger partial charge in [0, 0.05) is 5.69 Å². The lowest BCUT2D eigenvalue weighted by Gasteiger charge is -2.19. The van der Waals surface area contributed by atoms with E-state index in [0.29, 0.717) is 28.6 Å². The van der Waals surface area contributed by atoms with Crippen molar-refractivity contribution < 1.29 is 9.53 Å². The third-order valence-electron chi connectivity index (χ3n) is 4.44. The molecular weight excluding hydrogens is 394 g/mol. The minimum Gasteiger partial charge on any atom is -0.492 e. The lowest BCUT2D eigenvalue weighted by molar-refractivity contribution is -0.115. The maximum Gasteiger partial charge on any atom is 0.242 e. The molecule has 3 rings (SSSR count). The number of amides is 1. The number of anilines is 1. The molecule has 1 atom stereocenters. The van der Waals surface area contributed by atoms with E-state index >= 15 is 0 Å². The highest BCUT2D eigenvalue weighted by Crippen LogP contribution is 2.38. The molecular formula is C24H23N3O2S. The van der Waals surface area contributed by atoms with Gasteiger partial charge < -0.3 is 10.1 Å². The number of pyridine rings is 1. The average Bonchev–Trinajstić information content (AvgIpc) is 2.74. The molecule has 0 bridgehead atoms. The number of aromatic nitrogens is 1. The van der Waals surface area contributed by atoms with Gasteiger partial charge in [0.25, 0.3) is 0 Å². The Labute approximate surface area is 181 Å². The first-order valence-electron chi connectivity index (χ1n) is 9.66. The summed E-state index contributed by atoms with van der Waals surface area (Å²) in [7, 11) is 0. The van der Waals surface area contributed by atoms with E-state index in [9.17, 15) is 10.1 Å². The lowest BCUT2D eigenvalue weighted by Crippen LogP contribution is -2.20. The van der Waals surface area contributed by atoms with Crippen molar-refractivity contribution in [2.75, 3.05) is 11.9 Å². The summed E-state index contributed by atoms with van der Waals surface area (Å²) < 4.78 is 5.63. The molecule has 1 N–H and O–H groups in total. The van der Waals surface area contributed by atoms with Crippen LogP contribution in [0.3, 0.4) is 0 Å². The summed E-state index contributed by atoms with van der Waals surface area (Å²) in [5.41, 5.74) is 3.59. The Morgan fingerprint density at radius 2 is 1.87 bits per heavy atom. The van der Waals surface area contributed by atoms with E-state index in [1.165, 1.54) is 11.8 Å². The molecule has 6 heteroatoms. The van der Waals surface area contributed by atoms with E-state index in [2.05, 4.69) is 16.4 Å². The molecule has 1 aromatic heterocycles. The Morgan fingerprint density at radius 1 is 1.17 bits per heavy atom. The van der Waals surface area contributed by atoms with Gasteiger partial charge in [0.05, 0.1) is 17.9 Å². The third-order valence-corrected chi connectivity index (χ3v) is 5.68. The van der Waals surface area contributed by atoms with Gasteiger partial charge in [0.2, 0.25) is 5.91 Å². The third kappa shape index (κ3) is 5.00. The van der Waals surface area contributed by atoms with Crippen LogP contribution >= 0.6 is 11.8 Å². The Balaban J connectivity index is 1.97. The molecule has 0 aliphatic carbocycles. The molecule has 1 unspecified atom stereocenters. The predicted molar refractivity (Wildman–Crippen MR) is 120 cm³/mol.